The Morgan fingerprint density at radius 1 is 1.08 bits per heavy atom. The fraction of sp³-hybridized carbons (Fsp3) is 0.632. The first-order valence-corrected chi connectivity index (χ1v) is 8.82. The van der Waals surface area contributed by atoms with Gasteiger partial charge in [-0.2, -0.15) is 0 Å². The lowest BCUT2D eigenvalue weighted by molar-refractivity contribution is -0.281. The predicted octanol–water partition coefficient (Wildman–Crippen LogP) is 3.75. The number of nitrogens with zero attached hydrogens (tertiary/aromatic N) is 1. The van der Waals surface area contributed by atoms with Crippen molar-refractivity contribution in [3.63, 3.8) is 0 Å². The number of hydrogen-bond acceptors (Lipinski definition) is 3. The second-order valence-corrected chi connectivity index (χ2v) is 7.71. The van der Waals surface area contributed by atoms with Gasteiger partial charge < -0.3 is 19.7 Å². The average molecular weight is 332 g/mol. The SMILES string of the molecule is CC(C)(C)c1ccc(NC(=O)N2CCC3(CC2)OCCCO3)cc1. The monoisotopic (exact) mass is 332 g/mol. The second-order valence-electron chi connectivity index (χ2n) is 7.71. The van der Waals surface area contributed by atoms with Crippen molar-refractivity contribution in [1.82, 2.24) is 4.90 Å². The molecule has 2 amide bonds. The van der Waals surface area contributed by atoms with Crippen LogP contribution < -0.4 is 5.32 Å². The van der Waals surface area contributed by atoms with E-state index in [1.807, 2.05) is 17.0 Å². The summed E-state index contributed by atoms with van der Waals surface area (Å²) in [6, 6.07) is 8.04. The molecule has 0 radical (unpaired) electrons. The van der Waals surface area contributed by atoms with Crippen LogP contribution in [0, 0.1) is 0 Å². The highest BCUT2D eigenvalue weighted by atomic mass is 16.7. The number of carbonyl (C=O) groups excluding carboxylic acids is 1. The number of hydrogen-bond donors (Lipinski definition) is 1. The van der Waals surface area contributed by atoms with E-state index in [-0.39, 0.29) is 11.4 Å². The summed E-state index contributed by atoms with van der Waals surface area (Å²) in [5, 5.41) is 2.99. The molecule has 5 nitrogen and oxygen atoms in total. The Bertz CT molecular complexity index is 561. The van der Waals surface area contributed by atoms with Gasteiger partial charge in [0.05, 0.1) is 13.2 Å². The molecule has 3 rings (SSSR count). The highest BCUT2D eigenvalue weighted by Gasteiger charge is 2.39. The van der Waals surface area contributed by atoms with Crippen LogP contribution in [0.5, 0.6) is 0 Å². The van der Waals surface area contributed by atoms with E-state index in [0.29, 0.717) is 13.1 Å². The lowest BCUT2D eigenvalue weighted by Gasteiger charge is -2.43. The number of urea groups is 1. The van der Waals surface area contributed by atoms with Crippen molar-refractivity contribution in [2.24, 2.45) is 0 Å². The Balaban J connectivity index is 1.54. The molecule has 2 fully saturated rings. The first-order valence-electron chi connectivity index (χ1n) is 8.82. The molecule has 5 heteroatoms. The Hall–Kier alpha value is -1.59. The summed E-state index contributed by atoms with van der Waals surface area (Å²) in [6.07, 6.45) is 2.43. The molecular formula is C19H28N2O3. The van der Waals surface area contributed by atoms with E-state index in [0.717, 1.165) is 38.2 Å². The maximum absolute atomic E-state index is 12.5. The minimum Gasteiger partial charge on any atom is -0.350 e. The van der Waals surface area contributed by atoms with E-state index >= 15 is 0 Å². The summed E-state index contributed by atoms with van der Waals surface area (Å²) >= 11 is 0. The number of benzene rings is 1. The number of amides is 2. The van der Waals surface area contributed by atoms with Gasteiger partial charge in [-0.3, -0.25) is 0 Å². The first kappa shape index (κ1) is 17.2. The van der Waals surface area contributed by atoms with Gasteiger partial charge in [0.15, 0.2) is 5.79 Å². The zero-order chi connectivity index (χ0) is 17.2. The number of carbonyl (C=O) groups is 1. The highest BCUT2D eigenvalue weighted by molar-refractivity contribution is 5.89. The Labute approximate surface area is 144 Å². The molecular weight excluding hydrogens is 304 g/mol. The van der Waals surface area contributed by atoms with Gasteiger partial charge in [0.25, 0.3) is 0 Å². The minimum absolute atomic E-state index is 0.0517. The summed E-state index contributed by atoms with van der Waals surface area (Å²) < 4.78 is 11.6. The third-order valence-corrected chi connectivity index (χ3v) is 4.83. The van der Waals surface area contributed by atoms with Crippen molar-refractivity contribution < 1.29 is 14.3 Å². The third-order valence-electron chi connectivity index (χ3n) is 4.83. The lowest BCUT2D eigenvalue weighted by Crippen LogP contribution is -2.52. The van der Waals surface area contributed by atoms with Crippen LogP contribution in [-0.4, -0.2) is 43.0 Å². The van der Waals surface area contributed by atoms with Crippen LogP contribution in [0.4, 0.5) is 10.5 Å². The first-order chi connectivity index (χ1) is 11.4. The van der Waals surface area contributed by atoms with Gasteiger partial charge in [0.2, 0.25) is 0 Å². The highest BCUT2D eigenvalue weighted by Crippen LogP contribution is 2.31. The zero-order valence-corrected chi connectivity index (χ0v) is 14.9. The maximum atomic E-state index is 12.5. The largest absolute Gasteiger partial charge is 0.350 e. The summed E-state index contributed by atoms with van der Waals surface area (Å²) in [7, 11) is 0. The molecule has 24 heavy (non-hydrogen) atoms. The summed E-state index contributed by atoms with van der Waals surface area (Å²) in [5.41, 5.74) is 2.20. The number of ether oxygens (including phenoxy) is 2. The van der Waals surface area contributed by atoms with Crippen LogP contribution >= 0.6 is 0 Å². The van der Waals surface area contributed by atoms with E-state index in [2.05, 4.69) is 38.2 Å². The molecule has 0 bridgehead atoms. The molecule has 2 saturated heterocycles. The molecule has 1 N–H and O–H groups in total. The molecule has 1 aromatic rings. The summed E-state index contributed by atoms with van der Waals surface area (Å²) in [6.45, 7) is 9.37. The zero-order valence-electron chi connectivity index (χ0n) is 14.9. The molecule has 2 heterocycles. The fourth-order valence-corrected chi connectivity index (χ4v) is 3.21. The molecule has 0 saturated carbocycles. The number of nitrogens with one attached hydrogen (secondary N) is 1. The van der Waals surface area contributed by atoms with Crippen LogP contribution in [0.3, 0.4) is 0 Å². The molecule has 0 unspecified atom stereocenters. The average Bonchev–Trinajstić information content (AvgIpc) is 2.56. The molecule has 0 aromatic heterocycles. The van der Waals surface area contributed by atoms with Crippen molar-refractivity contribution in [2.45, 2.75) is 51.2 Å². The molecule has 0 atom stereocenters. The molecule has 1 aromatic carbocycles. The van der Waals surface area contributed by atoms with Crippen LogP contribution in [0.1, 0.15) is 45.6 Å². The topological polar surface area (TPSA) is 50.8 Å². The van der Waals surface area contributed by atoms with Gasteiger partial charge in [-0.1, -0.05) is 32.9 Å². The normalized spacial score (nSPS) is 20.9. The molecule has 1 spiro atoms. The van der Waals surface area contributed by atoms with Crippen LogP contribution in [0.2, 0.25) is 0 Å². The number of likely N-dealkylation sites (tertiary alicyclic amines) is 1. The van der Waals surface area contributed by atoms with Crippen molar-refractivity contribution in [2.75, 3.05) is 31.6 Å². The predicted molar refractivity (Wildman–Crippen MR) is 94.2 cm³/mol. The van der Waals surface area contributed by atoms with Crippen LogP contribution in [0.15, 0.2) is 24.3 Å². The van der Waals surface area contributed by atoms with Crippen molar-refractivity contribution >= 4 is 11.7 Å². The Morgan fingerprint density at radius 2 is 1.67 bits per heavy atom. The van der Waals surface area contributed by atoms with E-state index in [4.69, 9.17) is 9.47 Å². The van der Waals surface area contributed by atoms with Gasteiger partial charge in [-0.25, -0.2) is 4.79 Å². The van der Waals surface area contributed by atoms with Gasteiger partial charge in [-0.05, 0) is 29.5 Å². The maximum Gasteiger partial charge on any atom is 0.321 e. The third kappa shape index (κ3) is 3.90. The Kier molecular flexibility index (Phi) is 4.83. The van der Waals surface area contributed by atoms with E-state index in [9.17, 15) is 4.79 Å². The smallest absolute Gasteiger partial charge is 0.321 e. The van der Waals surface area contributed by atoms with Gasteiger partial charge in [-0.15, -0.1) is 0 Å². The van der Waals surface area contributed by atoms with Crippen molar-refractivity contribution in [3.8, 4) is 0 Å². The van der Waals surface area contributed by atoms with Gasteiger partial charge in [0.1, 0.15) is 0 Å². The summed E-state index contributed by atoms with van der Waals surface area (Å²) in [5.74, 6) is -0.455. The molecule has 132 valence electrons. The van der Waals surface area contributed by atoms with E-state index < -0.39 is 5.79 Å². The van der Waals surface area contributed by atoms with Crippen LogP contribution in [0.25, 0.3) is 0 Å². The number of anilines is 1. The Morgan fingerprint density at radius 3 is 2.21 bits per heavy atom. The standard InChI is InChI=1S/C19H28N2O3/c1-18(2,3)15-5-7-16(8-6-15)20-17(22)21-11-9-19(10-12-21)23-13-4-14-24-19/h5-8H,4,9-14H2,1-3H3,(H,20,22). The minimum atomic E-state index is -0.455. The van der Waals surface area contributed by atoms with Crippen LogP contribution in [-0.2, 0) is 14.9 Å². The summed E-state index contributed by atoms with van der Waals surface area (Å²) in [4.78, 5) is 14.3. The van der Waals surface area contributed by atoms with Gasteiger partial charge >= 0.3 is 6.03 Å². The fourth-order valence-electron chi connectivity index (χ4n) is 3.21. The van der Waals surface area contributed by atoms with Crippen molar-refractivity contribution in [3.05, 3.63) is 29.8 Å². The number of rotatable bonds is 1. The molecule has 2 aliphatic rings. The lowest BCUT2D eigenvalue weighted by atomic mass is 9.87. The second kappa shape index (κ2) is 6.73. The van der Waals surface area contributed by atoms with Crippen molar-refractivity contribution in [1.29, 1.82) is 0 Å². The number of piperidine rings is 1. The molecule has 0 aliphatic carbocycles. The molecule has 2 aliphatic heterocycles. The van der Waals surface area contributed by atoms with Gasteiger partial charge in [0, 0.05) is 31.6 Å². The van der Waals surface area contributed by atoms with E-state index in [1.165, 1.54) is 5.56 Å². The van der Waals surface area contributed by atoms with E-state index in [1.54, 1.807) is 0 Å². The quantitative estimate of drug-likeness (QED) is 0.852.